The highest BCUT2D eigenvalue weighted by Gasteiger charge is 2.18. The summed E-state index contributed by atoms with van der Waals surface area (Å²) in [6.07, 6.45) is 17.2. The topological polar surface area (TPSA) is 116 Å². The van der Waals surface area contributed by atoms with Crippen LogP contribution in [0.4, 0.5) is 11.6 Å². The Morgan fingerprint density at radius 2 is 1.12 bits per heavy atom. The third-order valence-corrected chi connectivity index (χ3v) is 6.91. The van der Waals surface area contributed by atoms with Crippen molar-refractivity contribution < 1.29 is 10.2 Å². The molecule has 2 aromatic heterocycles. The number of rotatable bonds is 8. The third-order valence-electron chi connectivity index (χ3n) is 5.78. The Hall–Kier alpha value is -1.62. The fraction of sp³-hybridized carbons (Fsp3) is 0.636. The summed E-state index contributed by atoms with van der Waals surface area (Å²) in [6.45, 7) is -0.0204. The Morgan fingerprint density at radius 3 is 1.44 bits per heavy atom. The Kier molecular flexibility index (Phi) is 10.3. The van der Waals surface area contributed by atoms with E-state index in [4.69, 9.17) is 0 Å². The Balaban J connectivity index is 0.000000181. The van der Waals surface area contributed by atoms with Crippen LogP contribution in [0.5, 0.6) is 0 Å². The summed E-state index contributed by atoms with van der Waals surface area (Å²) in [7, 11) is 0. The van der Waals surface area contributed by atoms with Crippen LogP contribution in [0.1, 0.15) is 62.5 Å². The maximum atomic E-state index is 9.23. The quantitative estimate of drug-likeness (QED) is 0.326. The van der Waals surface area contributed by atoms with Gasteiger partial charge in [-0.05, 0) is 38.2 Å². The second kappa shape index (κ2) is 13.2. The van der Waals surface area contributed by atoms with Crippen molar-refractivity contribution in [1.29, 1.82) is 0 Å². The molecule has 0 unspecified atom stereocenters. The number of nitrogens with one attached hydrogen (secondary N) is 2. The summed E-state index contributed by atoms with van der Waals surface area (Å²) in [5.41, 5.74) is 1.56. The molecule has 0 amide bonds. The van der Waals surface area contributed by atoms with Gasteiger partial charge >= 0.3 is 0 Å². The molecule has 32 heavy (non-hydrogen) atoms. The van der Waals surface area contributed by atoms with Crippen molar-refractivity contribution in [3.63, 3.8) is 0 Å². The predicted octanol–water partition coefficient (Wildman–Crippen LogP) is 4.09. The maximum Gasteiger partial charge on any atom is 0.189 e. The zero-order valence-corrected chi connectivity index (χ0v) is 20.5. The van der Waals surface area contributed by atoms with E-state index in [0.717, 1.165) is 33.1 Å². The standard InChI is InChI=1S/2C11H17N3OS/c2*1-16-11-12-6-8(7-15)10(14-11)13-9-4-2-3-5-9/h2*6,9,15H,2-5,7H2,1H3,(H,12,13,14). The fourth-order valence-corrected chi connectivity index (χ4v) is 4.67. The summed E-state index contributed by atoms with van der Waals surface area (Å²) in [5, 5.41) is 26.8. The van der Waals surface area contributed by atoms with E-state index < -0.39 is 0 Å². The molecule has 0 bridgehead atoms. The molecule has 0 radical (unpaired) electrons. The van der Waals surface area contributed by atoms with Crippen LogP contribution >= 0.6 is 23.5 Å². The number of aliphatic hydroxyl groups excluding tert-OH is 2. The third kappa shape index (κ3) is 7.19. The molecular weight excluding hydrogens is 444 g/mol. The van der Waals surface area contributed by atoms with Crippen molar-refractivity contribution in [1.82, 2.24) is 19.9 Å². The van der Waals surface area contributed by atoms with Gasteiger partial charge in [-0.2, -0.15) is 0 Å². The van der Waals surface area contributed by atoms with E-state index in [1.54, 1.807) is 12.4 Å². The zero-order chi connectivity index (χ0) is 22.8. The molecule has 2 fully saturated rings. The van der Waals surface area contributed by atoms with E-state index >= 15 is 0 Å². The van der Waals surface area contributed by atoms with Crippen molar-refractivity contribution in [3.8, 4) is 0 Å². The van der Waals surface area contributed by atoms with Gasteiger partial charge in [-0.15, -0.1) is 0 Å². The average molecular weight is 479 g/mol. The van der Waals surface area contributed by atoms with E-state index in [9.17, 15) is 10.2 Å². The molecule has 2 aromatic rings. The molecular formula is C22H34N6O2S2. The van der Waals surface area contributed by atoms with E-state index in [-0.39, 0.29) is 13.2 Å². The summed E-state index contributed by atoms with van der Waals surface area (Å²) < 4.78 is 0. The molecule has 2 aliphatic rings. The van der Waals surface area contributed by atoms with Crippen LogP contribution in [0, 0.1) is 0 Å². The monoisotopic (exact) mass is 478 g/mol. The van der Waals surface area contributed by atoms with Crippen LogP contribution in [0.2, 0.25) is 0 Å². The lowest BCUT2D eigenvalue weighted by Crippen LogP contribution is -2.17. The van der Waals surface area contributed by atoms with Crippen molar-refractivity contribution in [2.24, 2.45) is 0 Å². The minimum absolute atomic E-state index is 0.0102. The summed E-state index contributed by atoms with van der Waals surface area (Å²) in [6, 6.07) is 1.02. The normalized spacial score (nSPS) is 16.6. The van der Waals surface area contributed by atoms with Gasteiger partial charge in [0.25, 0.3) is 0 Å². The molecule has 2 aliphatic carbocycles. The minimum Gasteiger partial charge on any atom is -0.391 e. The highest BCUT2D eigenvalue weighted by Crippen LogP contribution is 2.25. The van der Waals surface area contributed by atoms with Crippen LogP contribution in [0.15, 0.2) is 22.7 Å². The SMILES string of the molecule is CSc1ncc(CO)c(NC2CCCC2)n1.CSc1ncc(CO)c(NC2CCCC2)n1. The molecule has 0 aliphatic heterocycles. The Labute approximate surface area is 198 Å². The highest BCUT2D eigenvalue weighted by molar-refractivity contribution is 7.98. The van der Waals surface area contributed by atoms with Crippen LogP contribution in [0.3, 0.4) is 0 Å². The van der Waals surface area contributed by atoms with Gasteiger partial charge in [0.1, 0.15) is 11.6 Å². The van der Waals surface area contributed by atoms with Crippen LogP contribution in [-0.4, -0.2) is 54.7 Å². The van der Waals surface area contributed by atoms with Crippen molar-refractivity contribution in [2.45, 2.75) is 87.0 Å². The van der Waals surface area contributed by atoms with Crippen molar-refractivity contribution >= 4 is 35.2 Å². The first-order chi connectivity index (χ1) is 15.7. The summed E-state index contributed by atoms with van der Waals surface area (Å²) >= 11 is 3.03. The van der Waals surface area contributed by atoms with Gasteiger partial charge in [-0.3, -0.25) is 0 Å². The number of hydrogen-bond donors (Lipinski definition) is 4. The molecule has 4 N–H and O–H groups in total. The molecule has 8 nitrogen and oxygen atoms in total. The first-order valence-corrected chi connectivity index (χ1v) is 13.7. The predicted molar refractivity (Wildman–Crippen MR) is 131 cm³/mol. The first-order valence-electron chi connectivity index (χ1n) is 11.2. The van der Waals surface area contributed by atoms with Gasteiger partial charge in [0.05, 0.1) is 13.2 Å². The van der Waals surface area contributed by atoms with E-state index in [2.05, 4.69) is 30.6 Å². The molecule has 0 aromatic carbocycles. The first kappa shape index (κ1) is 25.0. The molecule has 176 valence electrons. The summed E-state index contributed by atoms with van der Waals surface area (Å²) in [5.74, 6) is 1.60. The van der Waals surface area contributed by atoms with Crippen molar-refractivity contribution in [2.75, 3.05) is 23.1 Å². The van der Waals surface area contributed by atoms with Gasteiger partial charge in [0.15, 0.2) is 10.3 Å². The van der Waals surface area contributed by atoms with Gasteiger partial charge in [-0.1, -0.05) is 49.2 Å². The lowest BCUT2D eigenvalue weighted by Gasteiger charge is -2.15. The van der Waals surface area contributed by atoms with Gasteiger partial charge in [0, 0.05) is 35.6 Å². The molecule has 2 heterocycles. The largest absolute Gasteiger partial charge is 0.391 e. The molecule has 2 saturated carbocycles. The smallest absolute Gasteiger partial charge is 0.189 e. The number of nitrogens with zero attached hydrogens (tertiary/aromatic N) is 4. The molecule has 4 rings (SSSR count). The van der Waals surface area contributed by atoms with E-state index in [1.165, 1.54) is 74.9 Å². The van der Waals surface area contributed by atoms with Crippen LogP contribution in [-0.2, 0) is 13.2 Å². The maximum absolute atomic E-state index is 9.23. The average Bonchev–Trinajstić information content (AvgIpc) is 3.54. The lowest BCUT2D eigenvalue weighted by molar-refractivity contribution is 0.281. The van der Waals surface area contributed by atoms with Crippen LogP contribution in [0.25, 0.3) is 0 Å². The minimum atomic E-state index is -0.0102. The molecule has 0 spiro atoms. The molecule has 0 saturated heterocycles. The van der Waals surface area contributed by atoms with Gasteiger partial charge in [0.2, 0.25) is 0 Å². The Bertz CT molecular complexity index is 776. The zero-order valence-electron chi connectivity index (χ0n) is 18.9. The van der Waals surface area contributed by atoms with E-state index in [1.807, 2.05) is 12.5 Å². The fourth-order valence-electron chi connectivity index (χ4n) is 3.99. The van der Waals surface area contributed by atoms with E-state index in [0.29, 0.717) is 12.1 Å². The molecule has 10 heteroatoms. The van der Waals surface area contributed by atoms with Crippen LogP contribution < -0.4 is 10.6 Å². The number of anilines is 2. The second-order valence-corrected chi connectivity index (χ2v) is 9.58. The number of aliphatic hydroxyl groups is 2. The number of hydrogen-bond acceptors (Lipinski definition) is 10. The molecule has 0 atom stereocenters. The van der Waals surface area contributed by atoms with Gasteiger partial charge in [-0.25, -0.2) is 19.9 Å². The summed E-state index contributed by atoms with van der Waals surface area (Å²) in [4.78, 5) is 17.1. The number of aromatic nitrogens is 4. The van der Waals surface area contributed by atoms with Crippen molar-refractivity contribution in [3.05, 3.63) is 23.5 Å². The second-order valence-electron chi connectivity index (χ2n) is 8.03. The van der Waals surface area contributed by atoms with Gasteiger partial charge < -0.3 is 20.8 Å². The number of thioether (sulfide) groups is 2. The highest BCUT2D eigenvalue weighted by atomic mass is 32.2. The lowest BCUT2D eigenvalue weighted by atomic mass is 10.2. The Morgan fingerprint density at radius 1 is 0.750 bits per heavy atom.